The zero-order valence-electron chi connectivity index (χ0n) is 15.3. The Morgan fingerprint density at radius 3 is 2.67 bits per heavy atom. The fourth-order valence-electron chi connectivity index (χ4n) is 3.91. The highest BCUT2D eigenvalue weighted by Gasteiger charge is 2.25. The van der Waals surface area contributed by atoms with Crippen molar-refractivity contribution in [1.29, 1.82) is 0 Å². The van der Waals surface area contributed by atoms with Gasteiger partial charge in [-0.05, 0) is 53.1 Å². The minimum atomic E-state index is 0.179. The highest BCUT2D eigenvalue weighted by molar-refractivity contribution is 5.74. The first kappa shape index (κ1) is 17.9. The van der Waals surface area contributed by atoms with E-state index in [1.54, 1.807) is 6.20 Å². The number of morpholine rings is 1. The van der Waals surface area contributed by atoms with Gasteiger partial charge in [0, 0.05) is 26.0 Å². The Morgan fingerprint density at radius 1 is 1.07 bits per heavy atom. The lowest BCUT2D eigenvalue weighted by Crippen LogP contribution is -2.35. The Kier molecular flexibility index (Phi) is 5.35. The van der Waals surface area contributed by atoms with Crippen LogP contribution in [0.3, 0.4) is 0 Å². The van der Waals surface area contributed by atoms with Crippen molar-refractivity contribution < 1.29 is 9.47 Å². The first-order valence-corrected chi connectivity index (χ1v) is 9.42. The van der Waals surface area contributed by atoms with Crippen LogP contribution in [-0.2, 0) is 9.47 Å². The molecule has 0 spiro atoms. The van der Waals surface area contributed by atoms with Gasteiger partial charge in [0.05, 0.1) is 25.8 Å². The molecule has 0 amide bonds. The molecule has 2 aliphatic rings. The van der Waals surface area contributed by atoms with E-state index >= 15 is 0 Å². The maximum atomic E-state index is 7.28. The van der Waals surface area contributed by atoms with E-state index in [9.17, 15) is 0 Å². The van der Waals surface area contributed by atoms with Crippen molar-refractivity contribution in [1.82, 2.24) is 10.3 Å². The molecule has 2 aliphatic heterocycles. The summed E-state index contributed by atoms with van der Waals surface area (Å²) in [6.07, 6.45) is 3.83. The number of anilines is 1. The molecule has 0 bridgehead atoms. The molecule has 6 heteroatoms. The molecule has 4 rings (SSSR count). The number of nitrogens with two attached hydrogens (primary N) is 1. The predicted molar refractivity (Wildman–Crippen MR) is 105 cm³/mol. The van der Waals surface area contributed by atoms with Crippen molar-refractivity contribution >= 4 is 11.5 Å². The lowest BCUT2D eigenvalue weighted by atomic mass is 9.84. The number of rotatable bonds is 3. The van der Waals surface area contributed by atoms with Crippen LogP contribution in [0.25, 0.3) is 16.0 Å². The SMILES string of the molecule is [C-]#[N+]c1cc(-c2ccc(C3CCOCC3)c([C@@H]3COCCN3)c2)cnc1N. The second-order valence-electron chi connectivity index (χ2n) is 7.05. The Morgan fingerprint density at radius 2 is 1.93 bits per heavy atom. The fourth-order valence-corrected chi connectivity index (χ4v) is 3.91. The van der Waals surface area contributed by atoms with Gasteiger partial charge < -0.3 is 20.5 Å². The number of nitrogens with zero attached hydrogens (tertiary/aromatic N) is 2. The molecule has 0 unspecified atom stereocenters. The molecular weight excluding hydrogens is 340 g/mol. The molecule has 3 heterocycles. The number of pyridine rings is 1. The summed E-state index contributed by atoms with van der Waals surface area (Å²) in [5, 5.41) is 3.58. The Labute approximate surface area is 159 Å². The van der Waals surface area contributed by atoms with Crippen LogP contribution in [0.5, 0.6) is 0 Å². The Bertz CT molecular complexity index is 850. The Balaban J connectivity index is 1.74. The number of benzene rings is 1. The monoisotopic (exact) mass is 364 g/mol. The second kappa shape index (κ2) is 8.05. The Hall–Kier alpha value is -2.46. The molecule has 3 N–H and O–H groups in total. The summed E-state index contributed by atoms with van der Waals surface area (Å²) in [6.45, 7) is 11.2. The van der Waals surface area contributed by atoms with Crippen LogP contribution >= 0.6 is 0 Å². The van der Waals surface area contributed by atoms with E-state index in [1.807, 2.05) is 6.07 Å². The lowest BCUT2D eigenvalue weighted by molar-refractivity contribution is 0.0740. The smallest absolute Gasteiger partial charge is 0.228 e. The summed E-state index contributed by atoms with van der Waals surface area (Å²) in [4.78, 5) is 7.66. The average Bonchev–Trinajstić information content (AvgIpc) is 2.75. The number of hydrogen-bond acceptors (Lipinski definition) is 5. The number of ether oxygens (including phenoxy) is 2. The van der Waals surface area contributed by atoms with E-state index in [0.29, 0.717) is 18.2 Å². The summed E-state index contributed by atoms with van der Waals surface area (Å²) in [5.74, 6) is 0.782. The van der Waals surface area contributed by atoms with Crippen LogP contribution in [0.4, 0.5) is 11.5 Å². The van der Waals surface area contributed by atoms with Crippen molar-refractivity contribution in [2.75, 3.05) is 38.7 Å². The van der Waals surface area contributed by atoms with Gasteiger partial charge in [-0.25, -0.2) is 4.85 Å². The number of nitrogen functional groups attached to an aromatic ring is 1. The van der Waals surface area contributed by atoms with Gasteiger partial charge in [0.15, 0.2) is 0 Å². The van der Waals surface area contributed by atoms with Gasteiger partial charge >= 0.3 is 0 Å². The van der Waals surface area contributed by atoms with E-state index in [0.717, 1.165) is 50.3 Å². The second-order valence-corrected chi connectivity index (χ2v) is 7.05. The molecule has 1 atom stereocenters. The topological polar surface area (TPSA) is 73.8 Å². The van der Waals surface area contributed by atoms with Gasteiger partial charge in [-0.15, -0.1) is 0 Å². The molecule has 2 fully saturated rings. The number of aromatic nitrogens is 1. The van der Waals surface area contributed by atoms with Gasteiger partial charge in [0.2, 0.25) is 5.69 Å². The third kappa shape index (κ3) is 3.81. The van der Waals surface area contributed by atoms with E-state index in [4.69, 9.17) is 21.8 Å². The zero-order valence-corrected chi connectivity index (χ0v) is 15.3. The lowest BCUT2D eigenvalue weighted by Gasteiger charge is -2.31. The van der Waals surface area contributed by atoms with Crippen LogP contribution in [0.1, 0.15) is 35.9 Å². The first-order valence-electron chi connectivity index (χ1n) is 9.42. The minimum Gasteiger partial charge on any atom is -0.392 e. The van der Waals surface area contributed by atoms with Gasteiger partial charge in [-0.2, -0.15) is 0 Å². The van der Waals surface area contributed by atoms with Crippen molar-refractivity contribution in [3.63, 3.8) is 0 Å². The number of nitrogens with one attached hydrogen (secondary N) is 1. The van der Waals surface area contributed by atoms with Crippen LogP contribution in [0.15, 0.2) is 30.5 Å². The van der Waals surface area contributed by atoms with Gasteiger partial charge in [0.25, 0.3) is 0 Å². The molecule has 0 saturated carbocycles. The maximum absolute atomic E-state index is 7.28. The van der Waals surface area contributed by atoms with Crippen LogP contribution in [0, 0.1) is 6.57 Å². The highest BCUT2D eigenvalue weighted by Crippen LogP contribution is 2.36. The van der Waals surface area contributed by atoms with E-state index in [-0.39, 0.29) is 11.9 Å². The molecule has 0 aliphatic carbocycles. The van der Waals surface area contributed by atoms with Gasteiger partial charge in [0.1, 0.15) is 5.82 Å². The zero-order chi connectivity index (χ0) is 18.6. The summed E-state index contributed by atoms with van der Waals surface area (Å²) in [6, 6.07) is 8.56. The molecule has 2 saturated heterocycles. The first-order chi connectivity index (χ1) is 13.3. The van der Waals surface area contributed by atoms with E-state index < -0.39 is 0 Å². The quantitative estimate of drug-likeness (QED) is 0.816. The molecule has 27 heavy (non-hydrogen) atoms. The van der Waals surface area contributed by atoms with Crippen molar-refractivity contribution in [3.05, 3.63) is 53.0 Å². The largest absolute Gasteiger partial charge is 0.392 e. The van der Waals surface area contributed by atoms with E-state index in [1.165, 1.54) is 11.1 Å². The highest BCUT2D eigenvalue weighted by atomic mass is 16.5. The van der Waals surface area contributed by atoms with Crippen LogP contribution in [-0.4, -0.2) is 38.0 Å². The van der Waals surface area contributed by atoms with Crippen molar-refractivity contribution in [2.24, 2.45) is 0 Å². The summed E-state index contributed by atoms with van der Waals surface area (Å²) in [7, 11) is 0. The molecule has 140 valence electrons. The normalized spacial score (nSPS) is 20.9. The standard InChI is InChI=1S/C21H24N4O2/c1-23-19-11-16(12-25-21(19)22)15-2-3-17(14-4-7-26-8-5-14)18(10-15)20-13-27-9-6-24-20/h2-3,10-12,14,20,24H,4-9,13H2,(H2,22,25)/t20-/m0/s1. The van der Waals surface area contributed by atoms with Crippen LogP contribution in [0.2, 0.25) is 0 Å². The number of hydrogen-bond donors (Lipinski definition) is 2. The molecule has 1 aromatic heterocycles. The van der Waals surface area contributed by atoms with E-state index in [2.05, 4.69) is 33.3 Å². The van der Waals surface area contributed by atoms with Crippen molar-refractivity contribution in [3.8, 4) is 11.1 Å². The third-order valence-electron chi connectivity index (χ3n) is 5.40. The summed E-state index contributed by atoms with van der Waals surface area (Å²) >= 11 is 0. The molecule has 1 aromatic carbocycles. The minimum absolute atomic E-state index is 0.179. The fraction of sp³-hybridized carbons (Fsp3) is 0.429. The van der Waals surface area contributed by atoms with Crippen LogP contribution < -0.4 is 11.1 Å². The van der Waals surface area contributed by atoms with Gasteiger partial charge in [-0.1, -0.05) is 12.1 Å². The molecule has 6 nitrogen and oxygen atoms in total. The van der Waals surface area contributed by atoms with Crippen molar-refractivity contribution in [2.45, 2.75) is 24.8 Å². The summed E-state index contributed by atoms with van der Waals surface area (Å²) < 4.78 is 11.3. The third-order valence-corrected chi connectivity index (χ3v) is 5.40. The van der Waals surface area contributed by atoms with Gasteiger partial charge in [-0.3, -0.25) is 4.98 Å². The predicted octanol–water partition coefficient (Wildman–Crippen LogP) is 3.44. The summed E-state index contributed by atoms with van der Waals surface area (Å²) in [5.41, 5.74) is 10.8. The molecular formula is C21H24N4O2. The molecule has 0 radical (unpaired) electrons. The maximum Gasteiger partial charge on any atom is 0.228 e. The average molecular weight is 364 g/mol. The molecule has 2 aromatic rings.